The van der Waals surface area contributed by atoms with Crippen LogP contribution in [0.4, 0.5) is 5.82 Å². The maximum Gasteiger partial charge on any atom is 0.204 e. The summed E-state index contributed by atoms with van der Waals surface area (Å²) in [5.41, 5.74) is -0.00422. The van der Waals surface area contributed by atoms with Crippen molar-refractivity contribution in [2.24, 2.45) is 0 Å². The summed E-state index contributed by atoms with van der Waals surface area (Å²) < 4.78 is 17.3. The van der Waals surface area contributed by atoms with Gasteiger partial charge in [-0.25, -0.2) is 9.97 Å². The fourth-order valence-electron chi connectivity index (χ4n) is 3.96. The molecular formula is C20H22ClN3O4. The van der Waals surface area contributed by atoms with Gasteiger partial charge in [0.05, 0.1) is 26.2 Å². The van der Waals surface area contributed by atoms with Gasteiger partial charge in [0.2, 0.25) is 5.75 Å². The number of hydrogen-bond donors (Lipinski definition) is 0. The molecule has 1 spiro atoms. The molecule has 8 heteroatoms. The van der Waals surface area contributed by atoms with Gasteiger partial charge in [-0.2, -0.15) is 0 Å². The highest BCUT2D eigenvalue weighted by molar-refractivity contribution is 6.29. The number of ether oxygens (including phenoxy) is 3. The first-order valence-corrected chi connectivity index (χ1v) is 9.56. The Hall–Kier alpha value is -2.54. The Morgan fingerprint density at radius 3 is 2.57 bits per heavy atom. The summed E-state index contributed by atoms with van der Waals surface area (Å²) in [4.78, 5) is 23.6. The van der Waals surface area contributed by atoms with E-state index in [9.17, 15) is 4.79 Å². The monoisotopic (exact) mass is 403 g/mol. The van der Waals surface area contributed by atoms with E-state index in [1.807, 2.05) is 6.92 Å². The molecule has 0 radical (unpaired) electrons. The first-order valence-electron chi connectivity index (χ1n) is 9.18. The van der Waals surface area contributed by atoms with Crippen LogP contribution in [-0.4, -0.2) is 48.7 Å². The average molecular weight is 404 g/mol. The lowest BCUT2D eigenvalue weighted by molar-refractivity contribution is 0.0207. The van der Waals surface area contributed by atoms with Crippen LogP contribution in [0.15, 0.2) is 18.2 Å². The van der Waals surface area contributed by atoms with Crippen LogP contribution in [0.3, 0.4) is 0 Å². The number of rotatable bonds is 3. The maximum atomic E-state index is 12.8. The number of Topliss-reactive ketones (excluding diaryl/α,β-unsaturated/α-hetero) is 1. The van der Waals surface area contributed by atoms with Gasteiger partial charge in [0.15, 0.2) is 17.3 Å². The Kier molecular flexibility index (Phi) is 4.79. The van der Waals surface area contributed by atoms with Gasteiger partial charge in [-0.05, 0) is 19.1 Å². The number of ketones is 1. The number of aryl methyl sites for hydroxylation is 1. The number of fused-ring (bicyclic) bond motifs is 1. The second kappa shape index (κ2) is 7.13. The first-order chi connectivity index (χ1) is 13.4. The Labute approximate surface area is 168 Å². The van der Waals surface area contributed by atoms with Gasteiger partial charge in [-0.15, -0.1) is 0 Å². The van der Waals surface area contributed by atoms with Gasteiger partial charge in [0.1, 0.15) is 22.4 Å². The maximum absolute atomic E-state index is 12.8. The molecule has 0 bridgehead atoms. The summed E-state index contributed by atoms with van der Waals surface area (Å²) in [6.07, 6.45) is 1.74. The third-order valence-corrected chi connectivity index (χ3v) is 5.59. The minimum Gasteiger partial charge on any atom is -0.493 e. The van der Waals surface area contributed by atoms with Gasteiger partial charge in [0.25, 0.3) is 0 Å². The number of benzene rings is 1. The molecule has 3 heterocycles. The van der Waals surface area contributed by atoms with E-state index >= 15 is 0 Å². The molecule has 0 N–H and O–H groups in total. The molecule has 1 saturated heterocycles. The second-order valence-corrected chi connectivity index (χ2v) is 7.53. The summed E-state index contributed by atoms with van der Waals surface area (Å²) in [7, 11) is 3.12. The molecule has 2 aromatic rings. The number of hydrogen-bond acceptors (Lipinski definition) is 7. The van der Waals surface area contributed by atoms with E-state index in [0.717, 1.165) is 5.82 Å². The lowest BCUT2D eigenvalue weighted by Crippen LogP contribution is -2.51. The third kappa shape index (κ3) is 3.24. The normalized spacial score (nSPS) is 17.9. The van der Waals surface area contributed by atoms with E-state index in [-0.39, 0.29) is 5.78 Å². The number of piperidine rings is 1. The summed E-state index contributed by atoms with van der Waals surface area (Å²) in [5.74, 6) is 3.00. The molecule has 1 aromatic heterocycles. The zero-order chi connectivity index (χ0) is 19.9. The Morgan fingerprint density at radius 2 is 1.93 bits per heavy atom. The SMILES string of the molecule is COc1ccc2c(c1OC)OC1(CCN(c3cc(Cl)nc(C)n3)CC1)CC2=O. The lowest BCUT2D eigenvalue weighted by Gasteiger charge is -2.44. The first kappa shape index (κ1) is 18.8. The van der Waals surface area contributed by atoms with E-state index in [4.69, 9.17) is 25.8 Å². The molecule has 0 atom stereocenters. The number of carbonyl (C=O) groups is 1. The van der Waals surface area contributed by atoms with Crippen LogP contribution in [0.25, 0.3) is 0 Å². The van der Waals surface area contributed by atoms with Crippen LogP contribution in [0.1, 0.15) is 35.4 Å². The van der Waals surface area contributed by atoms with Crippen LogP contribution in [-0.2, 0) is 0 Å². The number of halogens is 1. The van der Waals surface area contributed by atoms with Crippen LogP contribution >= 0.6 is 11.6 Å². The highest BCUT2D eigenvalue weighted by Crippen LogP contribution is 2.48. The fraction of sp³-hybridized carbons (Fsp3) is 0.450. The number of methoxy groups -OCH3 is 2. The summed E-state index contributed by atoms with van der Waals surface area (Å²) >= 11 is 6.08. The minimum absolute atomic E-state index is 0.0663. The predicted octanol–water partition coefficient (Wildman–Crippen LogP) is 3.46. The zero-order valence-corrected chi connectivity index (χ0v) is 16.9. The lowest BCUT2D eigenvalue weighted by atomic mass is 9.82. The number of carbonyl (C=O) groups excluding carboxylic acids is 1. The Balaban J connectivity index is 1.59. The third-order valence-electron chi connectivity index (χ3n) is 5.39. The largest absolute Gasteiger partial charge is 0.493 e. The van der Waals surface area contributed by atoms with Crippen molar-refractivity contribution >= 4 is 23.2 Å². The summed E-state index contributed by atoms with van der Waals surface area (Å²) in [6, 6.07) is 5.25. The molecule has 2 aliphatic rings. The van der Waals surface area contributed by atoms with Gasteiger partial charge in [-0.3, -0.25) is 4.79 Å². The van der Waals surface area contributed by atoms with Crippen molar-refractivity contribution in [2.75, 3.05) is 32.2 Å². The molecule has 4 rings (SSSR count). The quantitative estimate of drug-likeness (QED) is 0.726. The molecule has 28 heavy (non-hydrogen) atoms. The molecule has 0 unspecified atom stereocenters. The van der Waals surface area contributed by atoms with Crippen molar-refractivity contribution in [3.8, 4) is 17.2 Å². The van der Waals surface area contributed by atoms with Gasteiger partial charge in [-0.1, -0.05) is 11.6 Å². The summed E-state index contributed by atoms with van der Waals surface area (Å²) in [6.45, 7) is 3.24. The molecule has 1 aromatic carbocycles. The van der Waals surface area contributed by atoms with Gasteiger partial charge >= 0.3 is 0 Å². The van der Waals surface area contributed by atoms with Crippen molar-refractivity contribution < 1.29 is 19.0 Å². The van der Waals surface area contributed by atoms with E-state index in [2.05, 4.69) is 14.9 Å². The zero-order valence-electron chi connectivity index (χ0n) is 16.1. The van der Waals surface area contributed by atoms with E-state index in [1.54, 1.807) is 32.4 Å². The fourth-order valence-corrected chi connectivity index (χ4v) is 4.18. The highest BCUT2D eigenvalue weighted by Gasteiger charge is 2.44. The smallest absolute Gasteiger partial charge is 0.204 e. The molecule has 2 aliphatic heterocycles. The topological polar surface area (TPSA) is 73.8 Å². The van der Waals surface area contributed by atoms with Crippen molar-refractivity contribution in [1.29, 1.82) is 0 Å². The molecule has 148 valence electrons. The second-order valence-electron chi connectivity index (χ2n) is 7.15. The summed E-state index contributed by atoms with van der Waals surface area (Å²) in [5, 5.41) is 0.428. The van der Waals surface area contributed by atoms with Gasteiger partial charge < -0.3 is 19.1 Å². The molecule has 0 aliphatic carbocycles. The van der Waals surface area contributed by atoms with Gasteiger partial charge in [0, 0.05) is 32.0 Å². The van der Waals surface area contributed by atoms with Crippen LogP contribution in [0, 0.1) is 6.92 Å². The predicted molar refractivity (Wildman–Crippen MR) is 105 cm³/mol. The van der Waals surface area contributed by atoms with Crippen molar-refractivity contribution in [3.63, 3.8) is 0 Å². The number of aromatic nitrogens is 2. The van der Waals surface area contributed by atoms with Crippen LogP contribution < -0.4 is 19.1 Å². The van der Waals surface area contributed by atoms with E-state index < -0.39 is 5.60 Å². The minimum atomic E-state index is -0.550. The number of anilines is 1. The molecule has 0 amide bonds. The molecular weight excluding hydrogens is 382 g/mol. The van der Waals surface area contributed by atoms with Crippen LogP contribution in [0.5, 0.6) is 17.2 Å². The van der Waals surface area contributed by atoms with Crippen molar-refractivity contribution in [3.05, 3.63) is 34.7 Å². The highest BCUT2D eigenvalue weighted by atomic mass is 35.5. The number of nitrogens with zero attached hydrogens (tertiary/aromatic N) is 3. The molecule has 7 nitrogen and oxygen atoms in total. The average Bonchev–Trinajstić information content (AvgIpc) is 2.66. The Morgan fingerprint density at radius 1 is 1.18 bits per heavy atom. The molecule has 0 saturated carbocycles. The standard InChI is InChI=1S/C20H22ClN3O4/c1-12-22-16(21)10-17(23-12)24-8-6-20(7-9-24)11-14(25)13-4-5-15(26-2)19(27-3)18(13)28-20/h4-5,10H,6-9,11H2,1-3H3. The van der Waals surface area contributed by atoms with Crippen molar-refractivity contribution in [1.82, 2.24) is 9.97 Å². The van der Waals surface area contributed by atoms with E-state index in [1.165, 1.54) is 0 Å². The van der Waals surface area contributed by atoms with E-state index in [0.29, 0.717) is 66.1 Å². The van der Waals surface area contributed by atoms with Crippen molar-refractivity contribution in [2.45, 2.75) is 31.8 Å². The van der Waals surface area contributed by atoms with Crippen LogP contribution in [0.2, 0.25) is 5.15 Å². The molecule has 1 fully saturated rings. The Bertz CT molecular complexity index is 906.